The molecule has 0 bridgehead atoms. The molecule has 0 amide bonds. The van der Waals surface area contributed by atoms with Crippen LogP contribution in [0.3, 0.4) is 0 Å². The maximum absolute atomic E-state index is 13.6. The van der Waals surface area contributed by atoms with Gasteiger partial charge in [-0.1, -0.05) is 6.07 Å². The maximum atomic E-state index is 13.6. The Morgan fingerprint density at radius 1 is 1.32 bits per heavy atom. The Labute approximate surface area is 112 Å². The van der Waals surface area contributed by atoms with Crippen molar-refractivity contribution in [3.8, 4) is 5.75 Å². The molecule has 1 atom stereocenters. The van der Waals surface area contributed by atoms with Gasteiger partial charge in [0.15, 0.2) is 11.6 Å². The highest BCUT2D eigenvalue weighted by Crippen LogP contribution is 2.58. The van der Waals surface area contributed by atoms with Crippen LogP contribution in [0.15, 0.2) is 18.2 Å². The van der Waals surface area contributed by atoms with Crippen molar-refractivity contribution in [2.24, 2.45) is 5.73 Å². The smallest absolute Gasteiger partial charge is 0.351 e. The number of hydrogen-bond acceptors (Lipinski definition) is 5. The molecule has 19 heavy (non-hydrogen) atoms. The molecule has 1 aromatic rings. The number of nitrogens with two attached hydrogens (primary N) is 1. The van der Waals surface area contributed by atoms with E-state index >= 15 is 0 Å². The average Bonchev–Trinajstić information content (AvgIpc) is 2.38. The Hall–Kier alpha value is -0.940. The molecule has 0 saturated carbocycles. The van der Waals surface area contributed by atoms with Crippen molar-refractivity contribution in [2.75, 3.05) is 20.3 Å². The number of hydrogen-bond donors (Lipinski definition) is 1. The molecule has 0 aliphatic carbocycles. The number of rotatable bonds is 7. The molecule has 0 saturated heterocycles. The maximum Gasteiger partial charge on any atom is 0.351 e. The molecule has 0 radical (unpaired) electrons. The van der Waals surface area contributed by atoms with E-state index < -0.39 is 19.2 Å². The van der Waals surface area contributed by atoms with Gasteiger partial charge in [-0.2, -0.15) is 0 Å². The van der Waals surface area contributed by atoms with Crippen molar-refractivity contribution < 1.29 is 22.7 Å². The fraction of sp³-hybridized carbons (Fsp3) is 0.500. The molecule has 0 unspecified atom stereocenters. The second-order valence-electron chi connectivity index (χ2n) is 3.71. The number of benzene rings is 1. The van der Waals surface area contributed by atoms with E-state index in [1.807, 2.05) is 0 Å². The van der Waals surface area contributed by atoms with Crippen LogP contribution in [-0.2, 0) is 13.6 Å². The van der Waals surface area contributed by atoms with Gasteiger partial charge in [-0.05, 0) is 31.5 Å². The lowest BCUT2D eigenvalue weighted by Crippen LogP contribution is -2.15. The van der Waals surface area contributed by atoms with Gasteiger partial charge in [0.05, 0.1) is 20.3 Å². The summed E-state index contributed by atoms with van der Waals surface area (Å²) in [6.07, 6.45) is 0. The molecule has 2 N–H and O–H groups in total. The molecule has 0 fully saturated rings. The summed E-state index contributed by atoms with van der Waals surface area (Å²) in [5, 5.41) is 0. The summed E-state index contributed by atoms with van der Waals surface area (Å²) in [6, 6.07) is 4.14. The van der Waals surface area contributed by atoms with E-state index in [4.69, 9.17) is 19.5 Å². The third-order valence-electron chi connectivity index (χ3n) is 2.48. The minimum absolute atomic E-state index is 0.0959. The van der Waals surface area contributed by atoms with Crippen LogP contribution in [0.4, 0.5) is 4.39 Å². The molecular weight excluding hydrogens is 272 g/mol. The van der Waals surface area contributed by atoms with E-state index in [0.29, 0.717) is 5.56 Å². The molecule has 0 aliphatic rings. The lowest BCUT2D eigenvalue weighted by atomic mass is 10.2. The molecule has 0 spiro atoms. The van der Waals surface area contributed by atoms with Crippen molar-refractivity contribution in [2.45, 2.75) is 19.6 Å². The number of halogens is 1. The monoisotopic (exact) mass is 291 g/mol. The second kappa shape index (κ2) is 7.01. The standard InChI is InChI=1S/C12H19FNO4P/c1-4-17-19(15,18-5-2)12(14)9-6-7-11(16-3)10(13)8-9/h6-8,12H,4-5,14H2,1-3H3/t12-/m0/s1. The summed E-state index contributed by atoms with van der Waals surface area (Å²) in [4.78, 5) is 0. The highest BCUT2D eigenvalue weighted by molar-refractivity contribution is 7.54. The molecule has 0 aromatic heterocycles. The van der Waals surface area contributed by atoms with Gasteiger partial charge in [-0.25, -0.2) is 4.39 Å². The first kappa shape index (κ1) is 16.1. The summed E-state index contributed by atoms with van der Waals surface area (Å²) in [5.74, 6) is -1.51. The second-order valence-corrected chi connectivity index (χ2v) is 5.87. The summed E-state index contributed by atoms with van der Waals surface area (Å²) < 4.78 is 41.2. The van der Waals surface area contributed by atoms with Crippen LogP contribution in [0.25, 0.3) is 0 Å². The van der Waals surface area contributed by atoms with Crippen LogP contribution in [0, 0.1) is 5.82 Å². The molecule has 0 heterocycles. The average molecular weight is 291 g/mol. The third-order valence-corrected chi connectivity index (χ3v) is 4.69. The SMILES string of the molecule is CCOP(=O)(OCC)[C@H](N)c1ccc(OC)c(F)c1. The lowest BCUT2D eigenvalue weighted by Gasteiger charge is -2.23. The Kier molecular flexibility index (Phi) is 5.94. The zero-order valence-corrected chi connectivity index (χ0v) is 12.2. The predicted molar refractivity (Wildman–Crippen MR) is 70.7 cm³/mol. The Morgan fingerprint density at radius 2 is 1.89 bits per heavy atom. The summed E-state index contributed by atoms with van der Waals surface area (Å²) >= 11 is 0. The van der Waals surface area contributed by atoms with Crippen molar-refractivity contribution in [3.63, 3.8) is 0 Å². The Balaban J connectivity index is 3.06. The number of ether oxygens (including phenoxy) is 1. The van der Waals surface area contributed by atoms with Crippen LogP contribution < -0.4 is 10.5 Å². The Morgan fingerprint density at radius 3 is 2.32 bits per heavy atom. The minimum atomic E-state index is -3.51. The molecule has 0 aliphatic heterocycles. The molecule has 1 rings (SSSR count). The van der Waals surface area contributed by atoms with Gasteiger partial charge >= 0.3 is 7.60 Å². The Bertz CT molecular complexity index is 459. The van der Waals surface area contributed by atoms with Crippen LogP contribution in [0.2, 0.25) is 0 Å². The van der Waals surface area contributed by atoms with Gasteiger partial charge < -0.3 is 19.5 Å². The molecule has 7 heteroatoms. The van der Waals surface area contributed by atoms with Gasteiger partial charge in [0, 0.05) is 0 Å². The van der Waals surface area contributed by atoms with Gasteiger partial charge in [0.25, 0.3) is 0 Å². The summed E-state index contributed by atoms with van der Waals surface area (Å²) in [7, 11) is -2.14. The van der Waals surface area contributed by atoms with Crippen molar-refractivity contribution in [1.29, 1.82) is 0 Å². The fourth-order valence-electron chi connectivity index (χ4n) is 1.61. The molecule has 1 aromatic carbocycles. The van der Waals surface area contributed by atoms with E-state index in [0.717, 1.165) is 0 Å². The molecular formula is C12H19FNO4P. The number of methoxy groups -OCH3 is 1. The summed E-state index contributed by atoms with van der Waals surface area (Å²) in [6.45, 7) is 3.77. The van der Waals surface area contributed by atoms with Crippen LogP contribution in [0.5, 0.6) is 5.75 Å². The minimum Gasteiger partial charge on any atom is -0.494 e. The highest BCUT2D eigenvalue weighted by Gasteiger charge is 2.34. The van der Waals surface area contributed by atoms with Gasteiger partial charge in [0.1, 0.15) is 5.78 Å². The van der Waals surface area contributed by atoms with E-state index in [-0.39, 0.29) is 19.0 Å². The highest BCUT2D eigenvalue weighted by atomic mass is 31.2. The lowest BCUT2D eigenvalue weighted by molar-refractivity contribution is 0.212. The summed E-state index contributed by atoms with van der Waals surface area (Å²) in [5.41, 5.74) is 6.22. The molecule has 5 nitrogen and oxygen atoms in total. The third kappa shape index (κ3) is 3.76. The first-order valence-electron chi connectivity index (χ1n) is 5.96. The topological polar surface area (TPSA) is 70.8 Å². The van der Waals surface area contributed by atoms with Gasteiger partial charge in [-0.15, -0.1) is 0 Å². The predicted octanol–water partition coefficient (Wildman–Crippen LogP) is 3.06. The van der Waals surface area contributed by atoms with Gasteiger partial charge in [0.2, 0.25) is 0 Å². The zero-order chi connectivity index (χ0) is 14.5. The van der Waals surface area contributed by atoms with Crippen molar-refractivity contribution in [1.82, 2.24) is 0 Å². The van der Waals surface area contributed by atoms with E-state index in [2.05, 4.69) is 0 Å². The fourth-order valence-corrected chi connectivity index (χ4v) is 3.25. The largest absolute Gasteiger partial charge is 0.494 e. The quantitative estimate of drug-likeness (QED) is 0.782. The van der Waals surface area contributed by atoms with Crippen LogP contribution >= 0.6 is 7.60 Å². The molecule has 108 valence electrons. The van der Waals surface area contributed by atoms with Crippen molar-refractivity contribution in [3.05, 3.63) is 29.6 Å². The first-order chi connectivity index (χ1) is 8.98. The van der Waals surface area contributed by atoms with E-state index in [1.54, 1.807) is 13.8 Å². The van der Waals surface area contributed by atoms with Crippen LogP contribution in [0.1, 0.15) is 25.2 Å². The normalized spacial score (nSPS) is 13.3. The van der Waals surface area contributed by atoms with E-state index in [1.165, 1.54) is 25.3 Å². The van der Waals surface area contributed by atoms with E-state index in [9.17, 15) is 8.96 Å². The first-order valence-corrected chi connectivity index (χ1v) is 7.57. The zero-order valence-electron chi connectivity index (χ0n) is 11.3. The van der Waals surface area contributed by atoms with Gasteiger partial charge in [-0.3, -0.25) is 4.57 Å². The van der Waals surface area contributed by atoms with Crippen molar-refractivity contribution >= 4 is 7.60 Å². The van der Waals surface area contributed by atoms with Crippen LogP contribution in [-0.4, -0.2) is 20.3 Å².